The number of nitrogens with zero attached hydrogens (tertiary/aromatic N) is 5. The Labute approximate surface area is 206 Å². The molecule has 0 saturated carbocycles. The summed E-state index contributed by atoms with van der Waals surface area (Å²) >= 11 is 6.00. The Morgan fingerprint density at radius 3 is 2.63 bits per heavy atom. The molecular weight excluding hydrogens is 468 g/mol. The van der Waals surface area contributed by atoms with Crippen molar-refractivity contribution in [3.63, 3.8) is 0 Å². The number of hydrogen-bond donors (Lipinski definition) is 1. The van der Waals surface area contributed by atoms with Crippen LogP contribution in [0.4, 0.5) is 0 Å². The van der Waals surface area contributed by atoms with Gasteiger partial charge in [0.2, 0.25) is 5.91 Å². The fourth-order valence-corrected chi connectivity index (χ4v) is 4.02. The van der Waals surface area contributed by atoms with E-state index in [0.717, 1.165) is 22.3 Å². The van der Waals surface area contributed by atoms with Gasteiger partial charge in [-0.2, -0.15) is 5.10 Å². The third-order valence-corrected chi connectivity index (χ3v) is 6.03. The number of amides is 1. The van der Waals surface area contributed by atoms with Crippen LogP contribution in [-0.2, 0) is 17.8 Å². The van der Waals surface area contributed by atoms with E-state index in [2.05, 4.69) is 20.6 Å². The number of carbonyl (C=O) groups excluding carboxylic acids is 1. The number of rotatable bonds is 8. The van der Waals surface area contributed by atoms with Crippen molar-refractivity contribution >= 4 is 28.7 Å². The largest absolute Gasteiger partial charge is 0.497 e. The van der Waals surface area contributed by atoms with Gasteiger partial charge < -0.3 is 14.8 Å². The molecule has 35 heavy (non-hydrogen) atoms. The van der Waals surface area contributed by atoms with E-state index >= 15 is 0 Å². The van der Waals surface area contributed by atoms with Gasteiger partial charge in [0.25, 0.3) is 0 Å². The summed E-state index contributed by atoms with van der Waals surface area (Å²) in [5, 5.41) is 16.9. The molecule has 3 aromatic heterocycles. The second kappa shape index (κ2) is 9.63. The van der Waals surface area contributed by atoms with E-state index in [1.54, 1.807) is 24.8 Å². The SMILES string of the molecule is COc1ccc(CNC(=O)CCc2nnc3c4cc(-c5ccc(Cl)cc5)nn4ccn23)c(OC)c1. The first-order valence-electron chi connectivity index (χ1n) is 11.0. The molecule has 178 valence electrons. The average Bonchev–Trinajstić information content (AvgIpc) is 3.50. The topological polar surface area (TPSA) is 95.0 Å². The number of ether oxygens (including phenoxy) is 2. The number of nitrogens with one attached hydrogen (secondary N) is 1. The van der Waals surface area contributed by atoms with Crippen molar-refractivity contribution in [3.8, 4) is 22.8 Å². The number of aryl methyl sites for hydroxylation is 1. The number of aromatic nitrogens is 5. The summed E-state index contributed by atoms with van der Waals surface area (Å²) in [6.07, 6.45) is 4.43. The van der Waals surface area contributed by atoms with Gasteiger partial charge in [0.1, 0.15) is 22.8 Å². The van der Waals surface area contributed by atoms with Gasteiger partial charge in [-0.15, -0.1) is 10.2 Å². The first-order chi connectivity index (χ1) is 17.1. The van der Waals surface area contributed by atoms with Gasteiger partial charge in [0, 0.05) is 54.0 Å². The fraction of sp³-hybridized carbons (Fsp3) is 0.200. The lowest BCUT2D eigenvalue weighted by atomic mass is 10.1. The molecule has 0 fully saturated rings. The van der Waals surface area contributed by atoms with Crippen molar-refractivity contribution in [2.75, 3.05) is 14.2 Å². The lowest BCUT2D eigenvalue weighted by molar-refractivity contribution is -0.121. The maximum Gasteiger partial charge on any atom is 0.220 e. The molecule has 3 heterocycles. The third kappa shape index (κ3) is 4.63. The van der Waals surface area contributed by atoms with Crippen LogP contribution in [0, 0.1) is 0 Å². The number of fused-ring (bicyclic) bond motifs is 3. The van der Waals surface area contributed by atoms with Gasteiger partial charge in [0.15, 0.2) is 5.65 Å². The third-order valence-electron chi connectivity index (χ3n) is 5.77. The van der Waals surface area contributed by atoms with Crippen LogP contribution in [-0.4, -0.2) is 44.3 Å². The summed E-state index contributed by atoms with van der Waals surface area (Å²) in [6.45, 7) is 0.358. The predicted octanol–water partition coefficient (Wildman–Crippen LogP) is 3.96. The summed E-state index contributed by atoms with van der Waals surface area (Å²) in [4.78, 5) is 12.5. The summed E-state index contributed by atoms with van der Waals surface area (Å²) in [7, 11) is 3.19. The van der Waals surface area contributed by atoms with Crippen molar-refractivity contribution in [2.45, 2.75) is 19.4 Å². The molecule has 9 nitrogen and oxygen atoms in total. The molecule has 0 aliphatic rings. The molecule has 2 aromatic carbocycles. The number of halogens is 1. The van der Waals surface area contributed by atoms with E-state index in [4.69, 9.17) is 21.1 Å². The van der Waals surface area contributed by atoms with Crippen LogP contribution in [0.25, 0.3) is 22.4 Å². The average molecular weight is 491 g/mol. The number of methoxy groups -OCH3 is 2. The van der Waals surface area contributed by atoms with Crippen LogP contribution in [0.5, 0.6) is 11.5 Å². The van der Waals surface area contributed by atoms with Crippen LogP contribution in [0.2, 0.25) is 5.02 Å². The van der Waals surface area contributed by atoms with E-state index in [0.29, 0.717) is 41.0 Å². The second-order valence-electron chi connectivity index (χ2n) is 7.93. The molecule has 0 unspecified atom stereocenters. The lowest BCUT2D eigenvalue weighted by Gasteiger charge is -2.11. The molecule has 1 N–H and O–H groups in total. The van der Waals surface area contributed by atoms with Crippen molar-refractivity contribution in [1.29, 1.82) is 0 Å². The van der Waals surface area contributed by atoms with Crippen molar-refractivity contribution < 1.29 is 14.3 Å². The number of hydrogen-bond acceptors (Lipinski definition) is 6. The highest BCUT2D eigenvalue weighted by Crippen LogP contribution is 2.25. The Bertz CT molecular complexity index is 1510. The second-order valence-corrected chi connectivity index (χ2v) is 8.37. The first-order valence-corrected chi connectivity index (χ1v) is 11.4. The highest BCUT2D eigenvalue weighted by Gasteiger charge is 2.14. The minimum Gasteiger partial charge on any atom is -0.497 e. The molecule has 0 atom stereocenters. The smallest absolute Gasteiger partial charge is 0.220 e. The Morgan fingerprint density at radius 1 is 1.03 bits per heavy atom. The van der Waals surface area contributed by atoms with Gasteiger partial charge in [-0.1, -0.05) is 23.7 Å². The first kappa shape index (κ1) is 22.7. The normalized spacial score (nSPS) is 11.2. The lowest BCUT2D eigenvalue weighted by Crippen LogP contribution is -2.23. The Kier molecular flexibility index (Phi) is 6.24. The highest BCUT2D eigenvalue weighted by molar-refractivity contribution is 6.30. The maximum absolute atomic E-state index is 12.5. The molecule has 5 aromatic rings. The molecule has 1 amide bonds. The number of benzene rings is 2. The van der Waals surface area contributed by atoms with Crippen LogP contribution >= 0.6 is 11.6 Å². The molecule has 0 bridgehead atoms. The van der Waals surface area contributed by atoms with Crippen molar-refractivity contribution in [1.82, 2.24) is 29.5 Å². The molecule has 0 aliphatic carbocycles. The highest BCUT2D eigenvalue weighted by atomic mass is 35.5. The minimum absolute atomic E-state index is 0.0879. The van der Waals surface area contributed by atoms with E-state index in [-0.39, 0.29) is 12.3 Å². The van der Waals surface area contributed by atoms with E-state index in [9.17, 15) is 4.79 Å². The van der Waals surface area contributed by atoms with Gasteiger partial charge in [-0.25, -0.2) is 4.52 Å². The number of carbonyl (C=O) groups is 1. The zero-order chi connectivity index (χ0) is 24.4. The van der Waals surface area contributed by atoms with E-state index in [1.807, 2.05) is 59.3 Å². The van der Waals surface area contributed by atoms with Crippen molar-refractivity contribution in [2.24, 2.45) is 0 Å². The van der Waals surface area contributed by atoms with E-state index < -0.39 is 0 Å². The molecule has 10 heteroatoms. The van der Waals surface area contributed by atoms with Gasteiger partial charge >= 0.3 is 0 Å². The Morgan fingerprint density at radius 2 is 1.86 bits per heavy atom. The quantitative estimate of drug-likeness (QED) is 0.354. The fourth-order valence-electron chi connectivity index (χ4n) is 3.90. The van der Waals surface area contributed by atoms with Gasteiger partial charge in [-0.05, 0) is 30.3 Å². The molecule has 0 spiro atoms. The summed E-state index contributed by atoms with van der Waals surface area (Å²) in [6, 6.07) is 15.0. The predicted molar refractivity (Wildman–Crippen MR) is 132 cm³/mol. The van der Waals surface area contributed by atoms with Gasteiger partial charge in [0.05, 0.1) is 19.9 Å². The summed E-state index contributed by atoms with van der Waals surface area (Å²) in [5.74, 6) is 1.98. The molecule has 0 aliphatic heterocycles. The Hall–Kier alpha value is -4.11. The zero-order valence-electron chi connectivity index (χ0n) is 19.2. The monoisotopic (exact) mass is 490 g/mol. The van der Waals surface area contributed by atoms with Crippen molar-refractivity contribution in [3.05, 3.63) is 77.3 Å². The standard InChI is InChI=1S/C25H23ClN6O3/c1-34-19-8-5-17(22(13-19)35-2)15-27-24(33)10-9-23-28-29-25-21-14-20(16-3-6-18(26)7-4-16)30-32(21)12-11-31(23)25/h3-8,11-14H,9-10,15H2,1-2H3,(H,27,33). The molecule has 0 radical (unpaired) electrons. The maximum atomic E-state index is 12.5. The Balaban J connectivity index is 1.28. The van der Waals surface area contributed by atoms with Crippen LogP contribution < -0.4 is 14.8 Å². The van der Waals surface area contributed by atoms with Crippen LogP contribution in [0.15, 0.2) is 60.9 Å². The molecular formula is C25H23ClN6O3. The van der Waals surface area contributed by atoms with E-state index in [1.165, 1.54) is 0 Å². The summed E-state index contributed by atoms with van der Waals surface area (Å²) in [5.41, 5.74) is 4.15. The molecule has 0 saturated heterocycles. The van der Waals surface area contributed by atoms with Gasteiger partial charge in [-0.3, -0.25) is 9.20 Å². The zero-order valence-corrected chi connectivity index (χ0v) is 20.0. The minimum atomic E-state index is -0.0879. The molecule has 5 rings (SSSR count). The summed E-state index contributed by atoms with van der Waals surface area (Å²) < 4.78 is 14.3. The van der Waals surface area contributed by atoms with Crippen LogP contribution in [0.1, 0.15) is 17.8 Å². The van der Waals surface area contributed by atoms with Crippen LogP contribution in [0.3, 0.4) is 0 Å².